The number of benzene rings is 2. The van der Waals surface area contributed by atoms with E-state index in [-0.39, 0.29) is 31.5 Å². The normalized spacial score (nSPS) is 13.5. The molecule has 172 valence electrons. The Kier molecular flexibility index (Phi) is 7.55. The van der Waals surface area contributed by atoms with Crippen molar-refractivity contribution in [3.05, 3.63) is 75.4 Å². The highest BCUT2D eigenvalue weighted by Crippen LogP contribution is 2.32. The van der Waals surface area contributed by atoms with Crippen LogP contribution in [-0.4, -0.2) is 30.9 Å². The number of anilines is 1. The number of halogens is 3. The van der Waals surface area contributed by atoms with Gasteiger partial charge in [-0.2, -0.15) is 0 Å². The predicted octanol–water partition coefficient (Wildman–Crippen LogP) is 5.83. The molecule has 2 N–H and O–H groups in total. The van der Waals surface area contributed by atoms with Crippen LogP contribution in [-0.2, 0) is 16.6 Å². The van der Waals surface area contributed by atoms with Crippen LogP contribution >= 0.6 is 46.6 Å². The molecule has 1 aromatic heterocycles. The van der Waals surface area contributed by atoms with E-state index in [1.165, 1.54) is 30.5 Å². The Morgan fingerprint density at radius 2 is 1.82 bits per heavy atom. The lowest BCUT2D eigenvalue weighted by atomic mass is 10.2. The number of aliphatic imine (C=N–C) groups is 1. The van der Waals surface area contributed by atoms with Gasteiger partial charge >= 0.3 is 0 Å². The number of amidine groups is 1. The number of thioether (sulfide) groups is 1. The van der Waals surface area contributed by atoms with Gasteiger partial charge in [-0.05, 0) is 42.0 Å². The molecular weight excluding hydrogens is 527 g/mol. The highest BCUT2D eigenvalue weighted by atomic mass is 35.5. The number of ether oxygens (including phenoxy) is 1. The zero-order valence-electron chi connectivity index (χ0n) is 16.9. The maximum Gasteiger partial charge on any atom is 0.262 e. The van der Waals surface area contributed by atoms with Crippen LogP contribution in [0.4, 0.5) is 5.69 Å². The molecule has 0 fully saturated rings. The summed E-state index contributed by atoms with van der Waals surface area (Å²) in [6, 6.07) is 12.8. The van der Waals surface area contributed by atoms with Gasteiger partial charge in [0.25, 0.3) is 10.0 Å². The Balaban J connectivity index is 1.50. The lowest BCUT2D eigenvalue weighted by molar-refractivity contribution is 0.465. The molecule has 0 saturated heterocycles. The van der Waals surface area contributed by atoms with Crippen molar-refractivity contribution in [3.63, 3.8) is 0 Å². The standard InChI is InChI=1S/C21H17Cl3N4O3S2/c22-14-9-19(28-33(29,30)16-5-6-17(23)18(24)10-16)20(26-12-14)31-15-3-1-13(2-4-15)11-27-21-25-7-8-32-21/h1-6,9-10,12,28H,7-8,11H2,(H,25,27). The average molecular weight is 544 g/mol. The maximum absolute atomic E-state index is 12.8. The Morgan fingerprint density at radius 3 is 2.52 bits per heavy atom. The third-order valence-corrected chi connectivity index (χ3v) is 7.67. The van der Waals surface area contributed by atoms with Crippen molar-refractivity contribution in [1.82, 2.24) is 10.3 Å². The smallest absolute Gasteiger partial charge is 0.262 e. The highest BCUT2D eigenvalue weighted by molar-refractivity contribution is 8.14. The summed E-state index contributed by atoms with van der Waals surface area (Å²) in [6.07, 6.45) is 1.37. The van der Waals surface area contributed by atoms with Crippen molar-refractivity contribution in [3.8, 4) is 11.6 Å². The molecule has 0 radical (unpaired) electrons. The lowest BCUT2D eigenvalue weighted by Crippen LogP contribution is -2.17. The van der Waals surface area contributed by atoms with Crippen LogP contribution in [0.3, 0.4) is 0 Å². The van der Waals surface area contributed by atoms with Crippen molar-refractivity contribution in [2.45, 2.75) is 11.4 Å². The molecule has 4 rings (SSSR count). The topological polar surface area (TPSA) is 92.7 Å². The molecule has 0 saturated carbocycles. The number of hydrogen-bond donors (Lipinski definition) is 2. The van der Waals surface area contributed by atoms with Gasteiger partial charge in [0.05, 0.1) is 26.5 Å². The molecule has 3 aromatic rings. The number of hydrogen-bond acceptors (Lipinski definition) is 7. The van der Waals surface area contributed by atoms with Crippen molar-refractivity contribution in [2.24, 2.45) is 4.99 Å². The second kappa shape index (κ2) is 10.4. The van der Waals surface area contributed by atoms with E-state index < -0.39 is 10.0 Å². The number of nitrogens with zero attached hydrogens (tertiary/aromatic N) is 2. The Labute approximate surface area is 210 Å². The second-order valence-electron chi connectivity index (χ2n) is 6.82. The molecule has 2 heterocycles. The summed E-state index contributed by atoms with van der Waals surface area (Å²) in [5.74, 6) is 1.53. The zero-order chi connectivity index (χ0) is 23.4. The Bertz CT molecular complexity index is 1300. The van der Waals surface area contributed by atoms with Gasteiger partial charge in [-0.15, -0.1) is 0 Å². The first-order chi connectivity index (χ1) is 15.8. The summed E-state index contributed by atoms with van der Waals surface area (Å²) >= 11 is 19.6. The minimum atomic E-state index is -4.00. The molecule has 0 unspecified atom stereocenters. The highest BCUT2D eigenvalue weighted by Gasteiger charge is 2.19. The van der Waals surface area contributed by atoms with Crippen molar-refractivity contribution >= 4 is 67.4 Å². The molecule has 1 aliphatic heterocycles. The summed E-state index contributed by atoms with van der Waals surface area (Å²) in [5.41, 5.74) is 1.12. The number of sulfonamides is 1. The number of rotatable bonds is 7. The second-order valence-corrected chi connectivity index (χ2v) is 10.8. The van der Waals surface area contributed by atoms with E-state index in [9.17, 15) is 8.42 Å². The minimum Gasteiger partial charge on any atom is -0.437 e. The Morgan fingerprint density at radius 1 is 1.03 bits per heavy atom. The molecule has 12 heteroatoms. The predicted molar refractivity (Wildman–Crippen MR) is 135 cm³/mol. The third kappa shape index (κ3) is 6.24. The van der Waals surface area contributed by atoms with Crippen LogP contribution in [0.5, 0.6) is 11.6 Å². The van der Waals surface area contributed by atoms with Crippen LogP contribution < -0.4 is 14.8 Å². The van der Waals surface area contributed by atoms with Gasteiger partial charge in [-0.3, -0.25) is 9.71 Å². The van der Waals surface area contributed by atoms with Crippen molar-refractivity contribution < 1.29 is 13.2 Å². The summed E-state index contributed by atoms with van der Waals surface area (Å²) in [6.45, 7) is 1.48. The maximum atomic E-state index is 12.8. The molecule has 0 atom stereocenters. The first-order valence-corrected chi connectivity index (χ1v) is 13.2. The molecule has 0 amide bonds. The molecule has 0 bridgehead atoms. The van der Waals surface area contributed by atoms with Gasteiger partial charge in [-0.1, -0.05) is 58.7 Å². The van der Waals surface area contributed by atoms with E-state index in [1.54, 1.807) is 23.9 Å². The van der Waals surface area contributed by atoms with E-state index >= 15 is 0 Å². The van der Waals surface area contributed by atoms with Crippen LogP contribution in [0, 0.1) is 0 Å². The first kappa shape index (κ1) is 24.0. The van der Waals surface area contributed by atoms with E-state index in [2.05, 4.69) is 20.0 Å². The monoisotopic (exact) mass is 542 g/mol. The molecule has 0 aliphatic carbocycles. The summed E-state index contributed by atoms with van der Waals surface area (Å²) in [7, 11) is -4.00. The molecule has 2 aromatic carbocycles. The van der Waals surface area contributed by atoms with Crippen molar-refractivity contribution in [2.75, 3.05) is 17.0 Å². The zero-order valence-corrected chi connectivity index (χ0v) is 20.8. The van der Waals surface area contributed by atoms with Gasteiger partial charge in [0.1, 0.15) is 11.4 Å². The molecule has 7 nitrogen and oxygen atoms in total. The molecular formula is C21H17Cl3N4O3S2. The number of pyridine rings is 1. The van der Waals surface area contributed by atoms with Gasteiger partial charge in [0.2, 0.25) is 5.88 Å². The third-order valence-electron chi connectivity index (χ3n) is 4.43. The van der Waals surface area contributed by atoms with Gasteiger partial charge in [-0.25, -0.2) is 13.4 Å². The van der Waals surface area contributed by atoms with Crippen LogP contribution in [0.15, 0.2) is 64.6 Å². The molecule has 0 spiro atoms. The largest absolute Gasteiger partial charge is 0.437 e. The molecule has 33 heavy (non-hydrogen) atoms. The fraction of sp³-hybridized carbons (Fsp3) is 0.143. The van der Waals surface area contributed by atoms with E-state index in [0.717, 1.165) is 23.0 Å². The minimum absolute atomic E-state index is 0.0469. The van der Waals surface area contributed by atoms with E-state index in [0.29, 0.717) is 12.3 Å². The van der Waals surface area contributed by atoms with Crippen LogP contribution in [0.25, 0.3) is 0 Å². The van der Waals surface area contributed by atoms with E-state index in [4.69, 9.17) is 39.5 Å². The summed E-state index contributed by atoms with van der Waals surface area (Å²) in [5, 5.41) is 4.83. The van der Waals surface area contributed by atoms with Crippen LogP contribution in [0.1, 0.15) is 5.56 Å². The lowest BCUT2D eigenvalue weighted by Gasteiger charge is -2.13. The van der Waals surface area contributed by atoms with Crippen LogP contribution in [0.2, 0.25) is 15.1 Å². The number of nitrogens with one attached hydrogen (secondary N) is 2. The average Bonchev–Trinajstić information content (AvgIpc) is 3.30. The van der Waals surface area contributed by atoms with Crippen molar-refractivity contribution in [1.29, 1.82) is 0 Å². The quantitative estimate of drug-likeness (QED) is 0.390. The fourth-order valence-corrected chi connectivity index (χ4v) is 5.16. The first-order valence-electron chi connectivity index (χ1n) is 9.61. The SMILES string of the molecule is O=S(=O)(Nc1cc(Cl)cnc1Oc1ccc(CNC2=NCCS2)cc1)c1ccc(Cl)c(Cl)c1. The van der Waals surface area contributed by atoms with Gasteiger partial charge in [0, 0.05) is 18.5 Å². The summed E-state index contributed by atoms with van der Waals surface area (Å²) in [4.78, 5) is 8.43. The fourth-order valence-electron chi connectivity index (χ4n) is 2.84. The van der Waals surface area contributed by atoms with E-state index in [1.807, 2.05) is 12.1 Å². The van der Waals surface area contributed by atoms with Gasteiger partial charge < -0.3 is 10.1 Å². The van der Waals surface area contributed by atoms with Gasteiger partial charge in [0.15, 0.2) is 5.17 Å². The molecule has 1 aliphatic rings. The summed E-state index contributed by atoms with van der Waals surface area (Å²) < 4.78 is 34.0. The number of aromatic nitrogens is 1. The Hall–Kier alpha value is -2.17.